The van der Waals surface area contributed by atoms with E-state index in [1.165, 1.54) is 15.2 Å². The summed E-state index contributed by atoms with van der Waals surface area (Å²) in [6, 6.07) is 14.4. The highest BCUT2D eigenvalue weighted by atomic mass is 35.5. The van der Waals surface area contributed by atoms with Gasteiger partial charge in [0.2, 0.25) is 5.91 Å². The third-order valence-corrected chi connectivity index (χ3v) is 7.80. The van der Waals surface area contributed by atoms with Gasteiger partial charge in [-0.1, -0.05) is 35.9 Å². The number of aryl methyl sites for hydroxylation is 1. The summed E-state index contributed by atoms with van der Waals surface area (Å²) in [5.41, 5.74) is 2.42. The molecule has 1 aliphatic rings. The maximum atomic E-state index is 12.6. The molecule has 7 heteroatoms. The average Bonchev–Trinajstić information content (AvgIpc) is 3.21. The van der Waals surface area contributed by atoms with E-state index in [0.717, 1.165) is 60.4 Å². The molecule has 2 aromatic carbocycles. The molecule has 1 fully saturated rings. The number of anilines is 1. The van der Waals surface area contributed by atoms with Crippen LogP contribution in [0.15, 0.2) is 47.4 Å². The quantitative estimate of drug-likeness (QED) is 0.333. The Morgan fingerprint density at radius 2 is 1.90 bits per heavy atom. The minimum atomic E-state index is 0.267. The van der Waals surface area contributed by atoms with Crippen LogP contribution in [0.3, 0.4) is 0 Å². The largest absolute Gasteiger partial charge is 0.345 e. The summed E-state index contributed by atoms with van der Waals surface area (Å²) >= 11 is 9.45. The highest BCUT2D eigenvalue weighted by Crippen LogP contribution is 2.30. The van der Waals surface area contributed by atoms with Crippen molar-refractivity contribution in [1.82, 2.24) is 9.88 Å². The van der Waals surface area contributed by atoms with E-state index in [2.05, 4.69) is 30.0 Å². The van der Waals surface area contributed by atoms with Gasteiger partial charge in [0, 0.05) is 42.5 Å². The number of rotatable bonds is 7. The molecule has 0 aliphatic carbocycles. The van der Waals surface area contributed by atoms with Crippen molar-refractivity contribution in [2.75, 3.05) is 36.8 Å². The second kappa shape index (κ2) is 10.0. The van der Waals surface area contributed by atoms with Gasteiger partial charge in [-0.15, -0.1) is 11.8 Å². The summed E-state index contributed by atoms with van der Waals surface area (Å²) in [6.45, 7) is 5.44. The zero-order valence-corrected chi connectivity index (χ0v) is 19.5. The highest BCUT2D eigenvalue weighted by molar-refractivity contribution is 7.99. The lowest BCUT2D eigenvalue weighted by molar-refractivity contribution is -0.131. The summed E-state index contributed by atoms with van der Waals surface area (Å²) in [5.74, 6) is 1.21. The third kappa shape index (κ3) is 5.29. The smallest absolute Gasteiger partial charge is 0.222 e. The topological polar surface area (TPSA) is 36.4 Å². The SMILES string of the molecule is CCc1ccc2nc(N3CCN(C(=O)CCCSc4ccc(Cl)cc4)CC3)sc2c1. The van der Waals surface area contributed by atoms with Crippen LogP contribution in [0, 0.1) is 0 Å². The zero-order chi connectivity index (χ0) is 20.9. The lowest BCUT2D eigenvalue weighted by Crippen LogP contribution is -2.48. The molecule has 0 spiro atoms. The van der Waals surface area contributed by atoms with Crippen molar-refractivity contribution in [3.05, 3.63) is 53.1 Å². The predicted octanol–water partition coefficient (Wildman–Crippen LogP) is 5.73. The summed E-state index contributed by atoms with van der Waals surface area (Å²) in [5, 5.41) is 1.83. The molecule has 1 aliphatic heterocycles. The number of hydrogen-bond acceptors (Lipinski definition) is 5. The van der Waals surface area contributed by atoms with Gasteiger partial charge in [0.05, 0.1) is 10.2 Å². The number of carbonyl (C=O) groups is 1. The molecule has 3 aromatic rings. The Hall–Kier alpha value is -1.76. The predicted molar refractivity (Wildman–Crippen MR) is 129 cm³/mol. The fourth-order valence-electron chi connectivity index (χ4n) is 3.56. The van der Waals surface area contributed by atoms with Gasteiger partial charge in [-0.3, -0.25) is 4.79 Å². The lowest BCUT2D eigenvalue weighted by Gasteiger charge is -2.34. The second-order valence-electron chi connectivity index (χ2n) is 7.43. The van der Waals surface area contributed by atoms with Crippen LogP contribution >= 0.6 is 34.7 Å². The van der Waals surface area contributed by atoms with E-state index in [0.29, 0.717) is 6.42 Å². The fraction of sp³-hybridized carbons (Fsp3) is 0.391. The number of carbonyl (C=O) groups excluding carboxylic acids is 1. The van der Waals surface area contributed by atoms with E-state index in [4.69, 9.17) is 16.6 Å². The third-order valence-electron chi connectivity index (χ3n) is 5.37. The second-order valence-corrected chi connectivity index (χ2v) is 10.0. The Morgan fingerprint density at radius 3 is 2.63 bits per heavy atom. The van der Waals surface area contributed by atoms with Crippen molar-refractivity contribution in [1.29, 1.82) is 0 Å². The molecule has 0 N–H and O–H groups in total. The van der Waals surface area contributed by atoms with Crippen LogP contribution < -0.4 is 4.90 Å². The van der Waals surface area contributed by atoms with Crippen molar-refractivity contribution in [3.63, 3.8) is 0 Å². The Morgan fingerprint density at radius 1 is 1.13 bits per heavy atom. The monoisotopic (exact) mass is 459 g/mol. The number of thioether (sulfide) groups is 1. The first-order chi connectivity index (χ1) is 14.6. The Balaban J connectivity index is 1.23. The van der Waals surface area contributed by atoms with Crippen LogP contribution in [-0.4, -0.2) is 47.7 Å². The van der Waals surface area contributed by atoms with Gasteiger partial charge in [-0.25, -0.2) is 4.98 Å². The molecule has 4 rings (SSSR count). The summed E-state index contributed by atoms with van der Waals surface area (Å²) in [6.07, 6.45) is 2.55. The number of amides is 1. The Labute approximate surface area is 191 Å². The van der Waals surface area contributed by atoms with Gasteiger partial charge in [0.25, 0.3) is 0 Å². The number of aromatic nitrogens is 1. The summed E-state index contributed by atoms with van der Waals surface area (Å²) in [4.78, 5) is 22.9. The molecule has 1 saturated heterocycles. The molecule has 30 heavy (non-hydrogen) atoms. The molecule has 0 unspecified atom stereocenters. The Bertz CT molecular complexity index is 997. The maximum absolute atomic E-state index is 12.6. The normalized spacial score (nSPS) is 14.5. The van der Waals surface area contributed by atoms with Gasteiger partial charge in [-0.2, -0.15) is 0 Å². The van der Waals surface area contributed by atoms with Crippen LogP contribution in [0.4, 0.5) is 5.13 Å². The number of nitrogens with zero attached hydrogens (tertiary/aromatic N) is 3. The number of hydrogen-bond donors (Lipinski definition) is 0. The van der Waals surface area contributed by atoms with E-state index >= 15 is 0 Å². The van der Waals surface area contributed by atoms with Crippen LogP contribution in [0.1, 0.15) is 25.3 Å². The van der Waals surface area contributed by atoms with Gasteiger partial charge in [0.1, 0.15) is 0 Å². The van der Waals surface area contributed by atoms with Crippen molar-refractivity contribution >= 4 is 56.0 Å². The highest BCUT2D eigenvalue weighted by Gasteiger charge is 2.22. The van der Waals surface area contributed by atoms with Crippen LogP contribution in [0.2, 0.25) is 5.02 Å². The molecular formula is C23H26ClN3OS2. The molecule has 1 amide bonds. The maximum Gasteiger partial charge on any atom is 0.222 e. The average molecular weight is 460 g/mol. The van der Waals surface area contributed by atoms with E-state index in [1.807, 2.05) is 29.2 Å². The van der Waals surface area contributed by atoms with Crippen LogP contribution in [0.25, 0.3) is 10.2 Å². The van der Waals surface area contributed by atoms with E-state index < -0.39 is 0 Å². The fourth-order valence-corrected chi connectivity index (χ4v) is 5.62. The van der Waals surface area contributed by atoms with Gasteiger partial charge in [0.15, 0.2) is 5.13 Å². The number of halogens is 1. The number of fused-ring (bicyclic) bond motifs is 1. The van der Waals surface area contributed by atoms with Gasteiger partial charge in [-0.05, 0) is 60.6 Å². The summed E-state index contributed by atoms with van der Waals surface area (Å²) in [7, 11) is 0. The lowest BCUT2D eigenvalue weighted by atomic mass is 10.2. The van der Waals surface area contributed by atoms with E-state index in [-0.39, 0.29) is 5.91 Å². The molecule has 4 nitrogen and oxygen atoms in total. The molecule has 0 atom stereocenters. The molecule has 2 heterocycles. The number of piperazine rings is 1. The van der Waals surface area contributed by atoms with Crippen molar-refractivity contribution < 1.29 is 4.79 Å². The van der Waals surface area contributed by atoms with Crippen LogP contribution in [-0.2, 0) is 11.2 Å². The molecule has 0 radical (unpaired) electrons. The molecule has 0 saturated carbocycles. The van der Waals surface area contributed by atoms with E-state index in [9.17, 15) is 4.79 Å². The number of thiazole rings is 1. The van der Waals surface area contributed by atoms with Crippen molar-refractivity contribution in [2.45, 2.75) is 31.1 Å². The molecule has 1 aromatic heterocycles. The molecule has 0 bridgehead atoms. The first-order valence-corrected chi connectivity index (χ1v) is 12.6. The molecule has 158 valence electrons. The first-order valence-electron chi connectivity index (χ1n) is 10.4. The van der Waals surface area contributed by atoms with E-state index in [1.54, 1.807) is 23.1 Å². The standard InChI is InChI=1S/C23H26ClN3OS2/c1-2-17-5-10-20-21(16-17)30-23(25-20)27-13-11-26(12-14-27)22(28)4-3-15-29-19-8-6-18(24)7-9-19/h5-10,16H,2-4,11-15H2,1H3. The summed E-state index contributed by atoms with van der Waals surface area (Å²) < 4.78 is 1.25. The van der Waals surface area contributed by atoms with Crippen LogP contribution in [0.5, 0.6) is 0 Å². The van der Waals surface area contributed by atoms with Gasteiger partial charge < -0.3 is 9.80 Å². The first kappa shape index (κ1) is 21.5. The number of benzene rings is 2. The molecular weight excluding hydrogens is 434 g/mol. The zero-order valence-electron chi connectivity index (χ0n) is 17.1. The minimum absolute atomic E-state index is 0.267. The minimum Gasteiger partial charge on any atom is -0.345 e. The van der Waals surface area contributed by atoms with Crippen molar-refractivity contribution in [3.8, 4) is 0 Å². The Kier molecular flexibility index (Phi) is 7.18. The van der Waals surface area contributed by atoms with Gasteiger partial charge >= 0.3 is 0 Å². The van der Waals surface area contributed by atoms with Crippen molar-refractivity contribution in [2.24, 2.45) is 0 Å².